The summed E-state index contributed by atoms with van der Waals surface area (Å²) in [6.07, 6.45) is -4.28. The monoisotopic (exact) mass is 246 g/mol. The van der Waals surface area contributed by atoms with Gasteiger partial charge in [-0.25, -0.2) is 8.78 Å². The standard InChI is InChI=1S/C12H20F2N2O/c1-4-16-8(2)5-10(9(16)3)6-15-7-11(17)12(13)14/h5,11-12,15,17H,4,6-7H2,1-3H3. The minimum Gasteiger partial charge on any atom is -0.386 e. The summed E-state index contributed by atoms with van der Waals surface area (Å²) in [5, 5.41) is 11.8. The first-order valence-corrected chi connectivity index (χ1v) is 5.79. The smallest absolute Gasteiger partial charge is 0.265 e. The number of nitrogens with one attached hydrogen (secondary N) is 1. The van der Waals surface area contributed by atoms with Crippen LogP contribution in [0.25, 0.3) is 0 Å². The molecule has 0 aliphatic carbocycles. The third-order valence-electron chi connectivity index (χ3n) is 2.95. The van der Waals surface area contributed by atoms with Gasteiger partial charge in [-0.15, -0.1) is 0 Å². The highest BCUT2D eigenvalue weighted by Gasteiger charge is 2.16. The van der Waals surface area contributed by atoms with E-state index < -0.39 is 12.5 Å². The Morgan fingerprint density at radius 1 is 1.41 bits per heavy atom. The van der Waals surface area contributed by atoms with E-state index in [9.17, 15) is 8.78 Å². The molecule has 0 amide bonds. The molecule has 0 spiro atoms. The molecule has 0 radical (unpaired) electrons. The molecule has 1 rings (SSSR count). The lowest BCUT2D eigenvalue weighted by Crippen LogP contribution is -2.31. The number of aliphatic hydroxyl groups excluding tert-OH is 1. The molecule has 0 fully saturated rings. The number of hydrogen-bond acceptors (Lipinski definition) is 2. The van der Waals surface area contributed by atoms with E-state index in [-0.39, 0.29) is 6.54 Å². The average Bonchev–Trinajstić information content (AvgIpc) is 2.53. The summed E-state index contributed by atoms with van der Waals surface area (Å²) in [6.45, 7) is 7.41. The van der Waals surface area contributed by atoms with Crippen LogP contribution in [0, 0.1) is 13.8 Å². The summed E-state index contributed by atoms with van der Waals surface area (Å²) in [5.74, 6) is 0. The Kier molecular flexibility index (Phi) is 5.08. The van der Waals surface area contributed by atoms with Gasteiger partial charge in [-0.1, -0.05) is 0 Å². The fourth-order valence-corrected chi connectivity index (χ4v) is 1.98. The normalized spacial score (nSPS) is 13.4. The van der Waals surface area contributed by atoms with Crippen LogP contribution >= 0.6 is 0 Å². The predicted octanol–water partition coefficient (Wildman–Crippen LogP) is 1.84. The van der Waals surface area contributed by atoms with Crippen LogP contribution in [-0.4, -0.2) is 28.7 Å². The Morgan fingerprint density at radius 3 is 2.53 bits per heavy atom. The van der Waals surface area contributed by atoms with Crippen molar-refractivity contribution in [3.8, 4) is 0 Å². The molecule has 0 saturated heterocycles. The van der Waals surface area contributed by atoms with E-state index in [4.69, 9.17) is 5.11 Å². The zero-order chi connectivity index (χ0) is 13.0. The lowest BCUT2D eigenvalue weighted by Gasteiger charge is -2.11. The van der Waals surface area contributed by atoms with Gasteiger partial charge in [-0.2, -0.15) is 0 Å². The van der Waals surface area contributed by atoms with Gasteiger partial charge in [-0.05, 0) is 32.4 Å². The molecule has 5 heteroatoms. The molecule has 3 nitrogen and oxygen atoms in total. The molecule has 0 aliphatic heterocycles. The van der Waals surface area contributed by atoms with E-state index in [1.54, 1.807) is 0 Å². The van der Waals surface area contributed by atoms with Crippen molar-refractivity contribution in [1.29, 1.82) is 0 Å². The Morgan fingerprint density at radius 2 is 2.06 bits per heavy atom. The Balaban J connectivity index is 2.53. The third kappa shape index (κ3) is 3.51. The lowest BCUT2D eigenvalue weighted by atomic mass is 10.2. The molecule has 1 unspecified atom stereocenters. The largest absolute Gasteiger partial charge is 0.386 e. The summed E-state index contributed by atoms with van der Waals surface area (Å²) in [4.78, 5) is 0. The maximum absolute atomic E-state index is 12.1. The number of nitrogens with zero attached hydrogens (tertiary/aromatic N) is 1. The average molecular weight is 246 g/mol. The van der Waals surface area contributed by atoms with E-state index in [0.29, 0.717) is 6.54 Å². The molecule has 1 aromatic rings. The molecule has 2 N–H and O–H groups in total. The summed E-state index contributed by atoms with van der Waals surface area (Å²) >= 11 is 0. The van der Waals surface area contributed by atoms with Crippen molar-refractivity contribution >= 4 is 0 Å². The number of halogens is 2. The van der Waals surface area contributed by atoms with Crippen LogP contribution in [0.2, 0.25) is 0 Å². The second kappa shape index (κ2) is 6.12. The van der Waals surface area contributed by atoms with Crippen molar-refractivity contribution in [2.75, 3.05) is 6.54 Å². The molecule has 17 heavy (non-hydrogen) atoms. The van der Waals surface area contributed by atoms with Crippen LogP contribution in [0.3, 0.4) is 0 Å². The zero-order valence-corrected chi connectivity index (χ0v) is 10.5. The SMILES string of the molecule is CCn1c(C)cc(CNCC(O)C(F)F)c1C. The zero-order valence-electron chi connectivity index (χ0n) is 10.5. The highest BCUT2D eigenvalue weighted by molar-refractivity contribution is 5.26. The fourth-order valence-electron chi connectivity index (χ4n) is 1.98. The van der Waals surface area contributed by atoms with Gasteiger partial charge in [0.1, 0.15) is 6.10 Å². The topological polar surface area (TPSA) is 37.2 Å². The summed E-state index contributed by atoms with van der Waals surface area (Å²) in [7, 11) is 0. The summed E-state index contributed by atoms with van der Waals surface area (Å²) in [6, 6.07) is 2.04. The number of aryl methyl sites for hydroxylation is 1. The van der Waals surface area contributed by atoms with Gasteiger partial charge in [0, 0.05) is 31.0 Å². The van der Waals surface area contributed by atoms with E-state index in [2.05, 4.69) is 16.8 Å². The van der Waals surface area contributed by atoms with Crippen molar-refractivity contribution in [2.24, 2.45) is 0 Å². The van der Waals surface area contributed by atoms with Crippen LogP contribution in [0.1, 0.15) is 23.9 Å². The molecule has 0 aromatic carbocycles. The minimum absolute atomic E-state index is 0.0898. The van der Waals surface area contributed by atoms with Crippen LogP contribution in [-0.2, 0) is 13.1 Å². The lowest BCUT2D eigenvalue weighted by molar-refractivity contribution is -0.00341. The number of aliphatic hydroxyl groups is 1. The Hall–Kier alpha value is -0.940. The van der Waals surface area contributed by atoms with E-state index in [0.717, 1.165) is 23.5 Å². The van der Waals surface area contributed by atoms with Crippen molar-refractivity contribution < 1.29 is 13.9 Å². The van der Waals surface area contributed by atoms with Gasteiger partial charge in [-0.3, -0.25) is 0 Å². The molecule has 1 aromatic heterocycles. The fraction of sp³-hybridized carbons (Fsp3) is 0.667. The number of aromatic nitrogens is 1. The van der Waals surface area contributed by atoms with Crippen LogP contribution in [0.5, 0.6) is 0 Å². The van der Waals surface area contributed by atoms with E-state index >= 15 is 0 Å². The molecular weight excluding hydrogens is 226 g/mol. The maximum Gasteiger partial charge on any atom is 0.265 e. The Labute approximate surface area is 100 Å². The highest BCUT2D eigenvalue weighted by Crippen LogP contribution is 2.14. The van der Waals surface area contributed by atoms with Gasteiger partial charge in [0.15, 0.2) is 0 Å². The van der Waals surface area contributed by atoms with Gasteiger partial charge in [0.2, 0.25) is 0 Å². The quantitative estimate of drug-likeness (QED) is 0.803. The molecule has 0 saturated carbocycles. The van der Waals surface area contributed by atoms with Crippen molar-refractivity contribution in [1.82, 2.24) is 9.88 Å². The predicted molar refractivity (Wildman–Crippen MR) is 63.3 cm³/mol. The van der Waals surface area contributed by atoms with Gasteiger partial charge in [0.25, 0.3) is 6.43 Å². The molecule has 98 valence electrons. The van der Waals surface area contributed by atoms with Gasteiger partial charge >= 0.3 is 0 Å². The first-order valence-electron chi connectivity index (χ1n) is 5.79. The summed E-state index contributed by atoms with van der Waals surface area (Å²) in [5.41, 5.74) is 3.39. The number of alkyl halides is 2. The minimum atomic E-state index is -2.69. The maximum atomic E-state index is 12.1. The molecule has 0 aliphatic rings. The summed E-state index contributed by atoms with van der Waals surface area (Å²) < 4.78 is 26.3. The van der Waals surface area contributed by atoms with Crippen LogP contribution < -0.4 is 5.32 Å². The molecular formula is C12H20F2N2O. The Bertz CT molecular complexity index is 364. The van der Waals surface area contributed by atoms with Crippen molar-refractivity contribution in [3.63, 3.8) is 0 Å². The van der Waals surface area contributed by atoms with Crippen LogP contribution in [0.4, 0.5) is 8.78 Å². The first kappa shape index (κ1) is 14.1. The molecule has 1 atom stereocenters. The van der Waals surface area contributed by atoms with Gasteiger partial charge < -0.3 is 15.0 Å². The highest BCUT2D eigenvalue weighted by atomic mass is 19.3. The third-order valence-corrected chi connectivity index (χ3v) is 2.95. The second-order valence-electron chi connectivity index (χ2n) is 4.17. The molecule has 1 heterocycles. The number of hydrogen-bond donors (Lipinski definition) is 2. The van der Waals surface area contributed by atoms with E-state index in [1.165, 1.54) is 0 Å². The first-order chi connectivity index (χ1) is 7.97. The van der Waals surface area contributed by atoms with Crippen molar-refractivity contribution in [3.05, 3.63) is 23.0 Å². The van der Waals surface area contributed by atoms with Gasteiger partial charge in [0.05, 0.1) is 0 Å². The van der Waals surface area contributed by atoms with Crippen LogP contribution in [0.15, 0.2) is 6.07 Å². The van der Waals surface area contributed by atoms with E-state index in [1.807, 2.05) is 19.9 Å². The number of rotatable bonds is 6. The molecule has 0 bridgehead atoms. The van der Waals surface area contributed by atoms with Crippen molar-refractivity contribution in [2.45, 2.75) is 46.4 Å². The second-order valence-corrected chi connectivity index (χ2v) is 4.17.